The van der Waals surface area contributed by atoms with Gasteiger partial charge in [0, 0.05) is 17.3 Å². The summed E-state index contributed by atoms with van der Waals surface area (Å²) in [5.41, 5.74) is 6.58. The summed E-state index contributed by atoms with van der Waals surface area (Å²) in [6.07, 6.45) is 6.64. The number of esters is 1. The molecule has 1 aliphatic rings. The topological polar surface area (TPSA) is 64.3 Å². The first-order chi connectivity index (χ1) is 10.9. The molecule has 0 aromatic heterocycles. The van der Waals surface area contributed by atoms with E-state index in [1.807, 2.05) is 0 Å². The van der Waals surface area contributed by atoms with E-state index in [2.05, 4.69) is 26.1 Å². The second-order valence-corrected chi connectivity index (χ2v) is 7.41. The molecule has 1 fully saturated rings. The monoisotopic (exact) mass is 318 g/mol. The van der Waals surface area contributed by atoms with E-state index in [1.165, 1.54) is 32.1 Å². The number of rotatable bonds is 6. The Balaban J connectivity index is 1.82. The first-order valence-electron chi connectivity index (χ1n) is 8.68. The average Bonchev–Trinajstić information content (AvgIpc) is 2.54. The first kappa shape index (κ1) is 17.8. The fourth-order valence-electron chi connectivity index (χ4n) is 3.36. The van der Waals surface area contributed by atoms with Crippen molar-refractivity contribution < 1.29 is 9.53 Å². The molecule has 0 aliphatic heterocycles. The molecular weight excluding hydrogens is 288 g/mol. The van der Waals surface area contributed by atoms with Gasteiger partial charge < -0.3 is 15.8 Å². The van der Waals surface area contributed by atoms with E-state index in [0.717, 1.165) is 5.92 Å². The van der Waals surface area contributed by atoms with Gasteiger partial charge in [-0.2, -0.15) is 0 Å². The van der Waals surface area contributed by atoms with Crippen LogP contribution in [-0.4, -0.2) is 24.2 Å². The van der Waals surface area contributed by atoms with Gasteiger partial charge in [0.1, 0.15) is 6.61 Å². The number of benzene rings is 1. The molecule has 0 amide bonds. The number of ether oxygens (including phenoxy) is 1. The summed E-state index contributed by atoms with van der Waals surface area (Å²) in [6.45, 7) is 6.78. The summed E-state index contributed by atoms with van der Waals surface area (Å²) in [5, 5.41) is 3.64. The zero-order chi connectivity index (χ0) is 16.9. The van der Waals surface area contributed by atoms with Crippen molar-refractivity contribution in [2.24, 2.45) is 5.92 Å². The van der Waals surface area contributed by atoms with Crippen molar-refractivity contribution in [1.82, 2.24) is 5.32 Å². The fraction of sp³-hybridized carbons (Fsp3) is 0.632. The van der Waals surface area contributed by atoms with Gasteiger partial charge in [0.05, 0.1) is 5.56 Å². The van der Waals surface area contributed by atoms with Gasteiger partial charge in [0.2, 0.25) is 0 Å². The van der Waals surface area contributed by atoms with Crippen LogP contribution in [0.15, 0.2) is 24.3 Å². The Morgan fingerprint density at radius 3 is 2.48 bits per heavy atom. The molecule has 1 aliphatic carbocycles. The van der Waals surface area contributed by atoms with Gasteiger partial charge in [-0.05, 0) is 63.8 Å². The normalized spacial score (nSPS) is 17.7. The molecule has 1 aromatic carbocycles. The summed E-state index contributed by atoms with van der Waals surface area (Å²) < 4.78 is 5.48. The van der Waals surface area contributed by atoms with Gasteiger partial charge in [0.25, 0.3) is 0 Å². The van der Waals surface area contributed by atoms with E-state index in [-0.39, 0.29) is 11.5 Å². The highest BCUT2D eigenvalue weighted by Crippen LogP contribution is 2.27. The van der Waals surface area contributed by atoms with Crippen LogP contribution in [0.2, 0.25) is 0 Å². The fourth-order valence-corrected chi connectivity index (χ4v) is 3.36. The molecule has 0 bridgehead atoms. The number of carbonyl (C=O) groups excluding carboxylic acids is 1. The maximum atomic E-state index is 12.1. The summed E-state index contributed by atoms with van der Waals surface area (Å²) in [4.78, 5) is 12.1. The molecule has 1 aromatic rings. The van der Waals surface area contributed by atoms with Crippen LogP contribution in [0.5, 0.6) is 0 Å². The highest BCUT2D eigenvalue weighted by molar-refractivity contribution is 5.89. The largest absolute Gasteiger partial charge is 0.460 e. The standard InChI is InChI=1S/C19H30N2O2/c1-14(15-7-5-4-6-8-15)21-19(2,3)13-23-18(22)16-9-11-17(20)12-10-16/h9-12,14-15,21H,4-8,13,20H2,1-3H3. The third-order valence-corrected chi connectivity index (χ3v) is 4.69. The highest BCUT2D eigenvalue weighted by Gasteiger charge is 2.27. The molecule has 0 saturated heterocycles. The number of anilines is 1. The van der Waals surface area contributed by atoms with Crippen LogP contribution in [0.4, 0.5) is 5.69 Å². The maximum Gasteiger partial charge on any atom is 0.338 e. The lowest BCUT2D eigenvalue weighted by molar-refractivity contribution is 0.0377. The van der Waals surface area contributed by atoms with E-state index in [1.54, 1.807) is 24.3 Å². The van der Waals surface area contributed by atoms with Crippen LogP contribution in [0.3, 0.4) is 0 Å². The zero-order valence-corrected chi connectivity index (χ0v) is 14.6. The molecule has 1 saturated carbocycles. The molecule has 0 spiro atoms. The number of hydrogen-bond donors (Lipinski definition) is 2. The molecule has 128 valence electrons. The van der Waals surface area contributed by atoms with Gasteiger partial charge in [0.15, 0.2) is 0 Å². The Kier molecular flexibility index (Phi) is 6.05. The first-order valence-corrected chi connectivity index (χ1v) is 8.68. The van der Waals surface area contributed by atoms with Gasteiger partial charge in [-0.15, -0.1) is 0 Å². The Labute approximate surface area is 139 Å². The van der Waals surface area contributed by atoms with E-state index in [9.17, 15) is 4.79 Å². The predicted octanol–water partition coefficient (Wildman–Crippen LogP) is 3.76. The van der Waals surface area contributed by atoms with E-state index < -0.39 is 0 Å². The lowest BCUT2D eigenvalue weighted by Gasteiger charge is -2.35. The van der Waals surface area contributed by atoms with Gasteiger partial charge in [-0.25, -0.2) is 4.79 Å². The SMILES string of the molecule is CC(NC(C)(C)COC(=O)c1ccc(N)cc1)C1CCCCC1. The van der Waals surface area contributed by atoms with Crippen LogP contribution < -0.4 is 11.1 Å². The number of hydrogen-bond acceptors (Lipinski definition) is 4. The molecular formula is C19H30N2O2. The lowest BCUT2D eigenvalue weighted by Crippen LogP contribution is -2.51. The lowest BCUT2D eigenvalue weighted by atomic mass is 9.83. The molecule has 4 nitrogen and oxygen atoms in total. The van der Waals surface area contributed by atoms with Crippen molar-refractivity contribution in [1.29, 1.82) is 0 Å². The van der Waals surface area contributed by atoms with Gasteiger partial charge >= 0.3 is 5.97 Å². The molecule has 0 heterocycles. The Morgan fingerprint density at radius 2 is 1.87 bits per heavy atom. The van der Waals surface area contributed by atoms with Crippen molar-refractivity contribution in [3.63, 3.8) is 0 Å². The molecule has 23 heavy (non-hydrogen) atoms. The minimum atomic E-state index is -0.301. The van der Waals surface area contributed by atoms with Gasteiger partial charge in [-0.1, -0.05) is 19.3 Å². The summed E-state index contributed by atoms with van der Waals surface area (Å²) >= 11 is 0. The molecule has 1 unspecified atom stereocenters. The Morgan fingerprint density at radius 1 is 1.26 bits per heavy atom. The van der Waals surface area contributed by atoms with Crippen LogP contribution in [0.1, 0.15) is 63.2 Å². The molecule has 4 heteroatoms. The highest BCUT2D eigenvalue weighted by atomic mass is 16.5. The van der Waals surface area contributed by atoms with E-state index in [4.69, 9.17) is 10.5 Å². The third-order valence-electron chi connectivity index (χ3n) is 4.69. The second kappa shape index (κ2) is 7.82. The van der Waals surface area contributed by atoms with E-state index >= 15 is 0 Å². The zero-order valence-electron chi connectivity index (χ0n) is 14.6. The summed E-state index contributed by atoms with van der Waals surface area (Å²) in [5.74, 6) is 0.431. The summed E-state index contributed by atoms with van der Waals surface area (Å²) in [6, 6.07) is 7.27. The number of nitrogens with two attached hydrogens (primary N) is 1. The van der Waals surface area contributed by atoms with Gasteiger partial charge in [-0.3, -0.25) is 0 Å². The summed E-state index contributed by atoms with van der Waals surface area (Å²) in [7, 11) is 0. The molecule has 1 atom stereocenters. The number of nitrogen functional groups attached to an aromatic ring is 1. The third kappa shape index (κ3) is 5.54. The van der Waals surface area contributed by atoms with Crippen LogP contribution in [0.25, 0.3) is 0 Å². The van der Waals surface area contributed by atoms with Crippen molar-refractivity contribution in [3.8, 4) is 0 Å². The maximum absolute atomic E-state index is 12.1. The Bertz CT molecular complexity index is 505. The number of carbonyl (C=O) groups is 1. The molecule has 2 rings (SSSR count). The van der Waals surface area contributed by atoms with E-state index in [0.29, 0.717) is 23.9 Å². The van der Waals surface area contributed by atoms with Crippen LogP contribution in [-0.2, 0) is 4.74 Å². The number of nitrogens with one attached hydrogen (secondary N) is 1. The van der Waals surface area contributed by atoms with Crippen LogP contribution >= 0.6 is 0 Å². The minimum Gasteiger partial charge on any atom is -0.460 e. The van der Waals surface area contributed by atoms with Crippen molar-refractivity contribution in [2.45, 2.75) is 64.5 Å². The quantitative estimate of drug-likeness (QED) is 0.619. The Hall–Kier alpha value is -1.55. The smallest absolute Gasteiger partial charge is 0.338 e. The average molecular weight is 318 g/mol. The minimum absolute atomic E-state index is 0.236. The second-order valence-electron chi connectivity index (χ2n) is 7.41. The van der Waals surface area contributed by atoms with Crippen molar-refractivity contribution in [2.75, 3.05) is 12.3 Å². The predicted molar refractivity (Wildman–Crippen MR) is 94.4 cm³/mol. The van der Waals surface area contributed by atoms with Crippen molar-refractivity contribution in [3.05, 3.63) is 29.8 Å². The van der Waals surface area contributed by atoms with Crippen molar-refractivity contribution >= 4 is 11.7 Å². The molecule has 3 N–H and O–H groups in total. The molecule has 0 radical (unpaired) electrons. The van der Waals surface area contributed by atoms with Crippen LogP contribution in [0, 0.1) is 5.92 Å².